The maximum atomic E-state index is 5.45. The molecular weight excluding hydrogens is 160 g/mol. The van der Waals surface area contributed by atoms with Crippen molar-refractivity contribution in [2.75, 3.05) is 7.11 Å². The van der Waals surface area contributed by atoms with Gasteiger partial charge in [-0.25, -0.2) is 0 Å². The topological polar surface area (TPSA) is 9.23 Å². The van der Waals surface area contributed by atoms with Crippen molar-refractivity contribution in [2.45, 2.75) is 32.8 Å². The van der Waals surface area contributed by atoms with Crippen LogP contribution in [0.1, 0.15) is 34.8 Å². The molecule has 0 aliphatic heterocycles. The summed E-state index contributed by atoms with van der Waals surface area (Å²) in [5.41, 5.74) is 5.70. The van der Waals surface area contributed by atoms with E-state index in [2.05, 4.69) is 26.0 Å². The number of benzene rings is 1. The molecule has 1 aliphatic carbocycles. The van der Waals surface area contributed by atoms with Crippen LogP contribution >= 0.6 is 0 Å². The quantitative estimate of drug-likeness (QED) is 0.639. The van der Waals surface area contributed by atoms with Crippen LogP contribution in [0, 0.1) is 13.8 Å². The van der Waals surface area contributed by atoms with Gasteiger partial charge in [0.1, 0.15) is 0 Å². The first-order valence-corrected chi connectivity index (χ1v) is 4.85. The fourth-order valence-corrected chi connectivity index (χ4v) is 2.33. The number of ether oxygens (including phenoxy) is 1. The molecule has 1 heteroatoms. The van der Waals surface area contributed by atoms with E-state index in [0.29, 0.717) is 6.10 Å². The molecule has 0 fully saturated rings. The summed E-state index contributed by atoms with van der Waals surface area (Å²) >= 11 is 0. The molecule has 0 aromatic heterocycles. The summed E-state index contributed by atoms with van der Waals surface area (Å²) < 4.78 is 5.45. The lowest BCUT2D eigenvalue weighted by atomic mass is 10.0. The Kier molecular flexibility index (Phi) is 2.12. The molecule has 0 saturated carbocycles. The van der Waals surface area contributed by atoms with Crippen LogP contribution in [-0.4, -0.2) is 7.11 Å². The van der Waals surface area contributed by atoms with Crippen LogP contribution in [-0.2, 0) is 11.2 Å². The van der Waals surface area contributed by atoms with E-state index < -0.39 is 0 Å². The number of rotatable bonds is 1. The predicted octanol–water partition coefficient (Wildman–Crippen LogP) is 2.94. The zero-order chi connectivity index (χ0) is 9.42. The first-order chi connectivity index (χ1) is 6.22. The van der Waals surface area contributed by atoms with Crippen molar-refractivity contribution < 1.29 is 4.74 Å². The average molecular weight is 176 g/mol. The van der Waals surface area contributed by atoms with Crippen LogP contribution in [0.3, 0.4) is 0 Å². The smallest absolute Gasteiger partial charge is 0.0827 e. The fraction of sp³-hybridized carbons (Fsp3) is 0.500. The van der Waals surface area contributed by atoms with Crippen molar-refractivity contribution in [3.05, 3.63) is 34.4 Å². The van der Waals surface area contributed by atoms with Gasteiger partial charge in [-0.1, -0.05) is 17.7 Å². The third-order valence-electron chi connectivity index (χ3n) is 2.94. The summed E-state index contributed by atoms with van der Waals surface area (Å²) in [5, 5.41) is 0. The Morgan fingerprint density at radius 1 is 1.31 bits per heavy atom. The highest BCUT2D eigenvalue weighted by molar-refractivity contribution is 5.42. The normalized spacial score (nSPS) is 20.4. The van der Waals surface area contributed by atoms with E-state index in [-0.39, 0.29) is 0 Å². The second-order valence-electron chi connectivity index (χ2n) is 3.91. The molecule has 0 saturated heterocycles. The van der Waals surface area contributed by atoms with E-state index in [9.17, 15) is 0 Å². The SMILES string of the molecule is CO[C@@H]1CCc2c(C)cc(C)cc21. The van der Waals surface area contributed by atoms with Gasteiger partial charge in [0.05, 0.1) is 6.10 Å². The Morgan fingerprint density at radius 2 is 2.08 bits per heavy atom. The van der Waals surface area contributed by atoms with Gasteiger partial charge in [0.2, 0.25) is 0 Å². The summed E-state index contributed by atoms with van der Waals surface area (Å²) in [7, 11) is 1.80. The van der Waals surface area contributed by atoms with Crippen molar-refractivity contribution in [3.8, 4) is 0 Å². The van der Waals surface area contributed by atoms with Crippen LogP contribution < -0.4 is 0 Å². The summed E-state index contributed by atoms with van der Waals surface area (Å²) in [6.07, 6.45) is 2.67. The minimum absolute atomic E-state index is 0.341. The molecule has 0 amide bonds. The van der Waals surface area contributed by atoms with Gasteiger partial charge < -0.3 is 4.74 Å². The highest BCUT2D eigenvalue weighted by Gasteiger charge is 2.23. The summed E-state index contributed by atoms with van der Waals surface area (Å²) in [6.45, 7) is 4.35. The van der Waals surface area contributed by atoms with Crippen molar-refractivity contribution in [1.29, 1.82) is 0 Å². The Balaban J connectivity index is 2.51. The Labute approximate surface area is 79.7 Å². The number of hydrogen-bond acceptors (Lipinski definition) is 1. The summed E-state index contributed by atoms with van der Waals surface area (Å²) in [4.78, 5) is 0. The molecule has 0 radical (unpaired) electrons. The van der Waals surface area contributed by atoms with Crippen LogP contribution in [0.15, 0.2) is 12.1 Å². The van der Waals surface area contributed by atoms with Crippen molar-refractivity contribution in [1.82, 2.24) is 0 Å². The molecular formula is C12H16O. The van der Waals surface area contributed by atoms with Crippen molar-refractivity contribution in [2.24, 2.45) is 0 Å². The lowest BCUT2D eigenvalue weighted by Gasteiger charge is -2.11. The molecule has 0 spiro atoms. The molecule has 1 aromatic carbocycles. The fourth-order valence-electron chi connectivity index (χ4n) is 2.33. The molecule has 1 atom stereocenters. The van der Waals surface area contributed by atoms with E-state index in [1.807, 2.05) is 0 Å². The van der Waals surface area contributed by atoms with E-state index in [0.717, 1.165) is 6.42 Å². The first-order valence-electron chi connectivity index (χ1n) is 4.85. The number of methoxy groups -OCH3 is 1. The van der Waals surface area contributed by atoms with Crippen LogP contribution in [0.4, 0.5) is 0 Å². The zero-order valence-electron chi connectivity index (χ0n) is 8.55. The molecule has 13 heavy (non-hydrogen) atoms. The van der Waals surface area contributed by atoms with Gasteiger partial charge in [-0.2, -0.15) is 0 Å². The molecule has 0 bridgehead atoms. The largest absolute Gasteiger partial charge is 0.377 e. The monoisotopic (exact) mass is 176 g/mol. The lowest BCUT2D eigenvalue weighted by molar-refractivity contribution is 0.105. The maximum absolute atomic E-state index is 5.45. The number of fused-ring (bicyclic) bond motifs is 1. The van der Waals surface area contributed by atoms with E-state index in [1.54, 1.807) is 7.11 Å². The Bertz CT molecular complexity index is 328. The molecule has 1 aliphatic rings. The van der Waals surface area contributed by atoms with Gasteiger partial charge in [-0.3, -0.25) is 0 Å². The standard InChI is InChI=1S/C12H16O/c1-8-6-9(2)10-4-5-12(13-3)11(10)7-8/h6-7,12H,4-5H2,1-3H3/t12-/m1/s1. The minimum Gasteiger partial charge on any atom is -0.377 e. The number of hydrogen-bond donors (Lipinski definition) is 0. The highest BCUT2D eigenvalue weighted by atomic mass is 16.5. The van der Waals surface area contributed by atoms with Crippen LogP contribution in [0.25, 0.3) is 0 Å². The third kappa shape index (κ3) is 1.37. The molecule has 1 aromatic rings. The molecule has 70 valence electrons. The average Bonchev–Trinajstić information content (AvgIpc) is 2.47. The Morgan fingerprint density at radius 3 is 2.77 bits per heavy atom. The van der Waals surface area contributed by atoms with E-state index in [1.165, 1.54) is 28.7 Å². The van der Waals surface area contributed by atoms with Crippen LogP contribution in [0.5, 0.6) is 0 Å². The molecule has 0 unspecified atom stereocenters. The minimum atomic E-state index is 0.341. The van der Waals surface area contributed by atoms with Gasteiger partial charge in [0, 0.05) is 7.11 Å². The molecule has 1 nitrogen and oxygen atoms in total. The third-order valence-corrected chi connectivity index (χ3v) is 2.94. The van der Waals surface area contributed by atoms with Crippen molar-refractivity contribution >= 4 is 0 Å². The Hall–Kier alpha value is -0.820. The molecule has 0 N–H and O–H groups in total. The second-order valence-corrected chi connectivity index (χ2v) is 3.91. The van der Waals surface area contributed by atoms with Crippen molar-refractivity contribution in [3.63, 3.8) is 0 Å². The highest BCUT2D eigenvalue weighted by Crippen LogP contribution is 2.35. The predicted molar refractivity (Wildman–Crippen MR) is 54.0 cm³/mol. The van der Waals surface area contributed by atoms with Crippen LogP contribution in [0.2, 0.25) is 0 Å². The second kappa shape index (κ2) is 3.15. The van der Waals surface area contributed by atoms with Gasteiger partial charge in [-0.15, -0.1) is 0 Å². The molecule has 2 rings (SSSR count). The lowest BCUT2D eigenvalue weighted by Crippen LogP contribution is -1.96. The van der Waals surface area contributed by atoms with E-state index in [4.69, 9.17) is 4.74 Å². The van der Waals surface area contributed by atoms with E-state index >= 15 is 0 Å². The molecule has 0 heterocycles. The first kappa shape index (κ1) is 8.76. The number of aryl methyl sites for hydroxylation is 2. The maximum Gasteiger partial charge on any atom is 0.0827 e. The van der Waals surface area contributed by atoms with Gasteiger partial charge >= 0.3 is 0 Å². The summed E-state index contributed by atoms with van der Waals surface area (Å²) in [5.74, 6) is 0. The zero-order valence-corrected chi connectivity index (χ0v) is 8.55. The van der Waals surface area contributed by atoms with Gasteiger partial charge in [0.15, 0.2) is 0 Å². The van der Waals surface area contributed by atoms with Gasteiger partial charge in [-0.05, 0) is 43.4 Å². The van der Waals surface area contributed by atoms with Gasteiger partial charge in [0.25, 0.3) is 0 Å². The summed E-state index contributed by atoms with van der Waals surface area (Å²) in [6, 6.07) is 4.53.